The SMILES string of the molecule is O=CC(N/C=C/[N+](=O)[O-])NCc1ccc(Cl)nc1. The Labute approximate surface area is 108 Å². The number of nitro groups is 1. The quantitative estimate of drug-likeness (QED) is 0.249. The molecule has 0 aliphatic carbocycles. The number of nitrogens with zero attached hydrogens (tertiary/aromatic N) is 2. The predicted octanol–water partition coefficient (Wildman–Crippen LogP) is 0.687. The summed E-state index contributed by atoms with van der Waals surface area (Å²) in [7, 11) is 0. The van der Waals surface area contributed by atoms with Crippen LogP contribution in [-0.2, 0) is 11.3 Å². The maximum atomic E-state index is 10.7. The van der Waals surface area contributed by atoms with Crippen molar-refractivity contribution in [1.82, 2.24) is 15.6 Å². The average Bonchev–Trinajstić information content (AvgIpc) is 2.35. The van der Waals surface area contributed by atoms with Gasteiger partial charge in [0.05, 0.1) is 11.1 Å². The number of carbonyl (C=O) groups is 1. The molecule has 0 amide bonds. The molecule has 1 atom stereocenters. The lowest BCUT2D eigenvalue weighted by molar-refractivity contribution is -0.402. The molecule has 1 aromatic rings. The lowest BCUT2D eigenvalue weighted by Gasteiger charge is -2.11. The topological polar surface area (TPSA) is 97.2 Å². The summed E-state index contributed by atoms with van der Waals surface area (Å²) >= 11 is 5.63. The summed E-state index contributed by atoms with van der Waals surface area (Å²) < 4.78 is 0. The van der Waals surface area contributed by atoms with Crippen molar-refractivity contribution < 1.29 is 9.72 Å². The molecular weight excluding hydrogens is 260 g/mol. The van der Waals surface area contributed by atoms with Crippen molar-refractivity contribution in [2.45, 2.75) is 12.7 Å². The smallest absolute Gasteiger partial charge is 0.250 e. The number of hydrogen-bond donors (Lipinski definition) is 2. The molecule has 0 saturated heterocycles. The number of aldehydes is 1. The molecular formula is C10H11ClN4O3. The number of hydrogen-bond acceptors (Lipinski definition) is 6. The van der Waals surface area contributed by atoms with E-state index in [0.717, 1.165) is 11.8 Å². The molecule has 0 radical (unpaired) electrons. The zero-order chi connectivity index (χ0) is 13.4. The number of halogens is 1. The second-order valence-corrected chi connectivity index (χ2v) is 3.64. The predicted molar refractivity (Wildman–Crippen MR) is 65.2 cm³/mol. The van der Waals surface area contributed by atoms with Gasteiger partial charge >= 0.3 is 0 Å². The molecule has 1 aromatic heterocycles. The van der Waals surface area contributed by atoms with E-state index >= 15 is 0 Å². The molecule has 0 saturated carbocycles. The number of nitrogens with one attached hydrogen (secondary N) is 2. The summed E-state index contributed by atoms with van der Waals surface area (Å²) in [5.41, 5.74) is 0.839. The Morgan fingerprint density at radius 1 is 1.56 bits per heavy atom. The molecule has 1 unspecified atom stereocenters. The van der Waals surface area contributed by atoms with Crippen LogP contribution in [-0.4, -0.2) is 22.4 Å². The van der Waals surface area contributed by atoms with Crippen LogP contribution in [0.1, 0.15) is 5.56 Å². The van der Waals surface area contributed by atoms with Gasteiger partial charge in [-0.1, -0.05) is 17.7 Å². The second kappa shape index (κ2) is 7.36. The van der Waals surface area contributed by atoms with Crippen LogP contribution in [0.4, 0.5) is 0 Å². The third-order valence-corrected chi connectivity index (χ3v) is 2.15. The number of carbonyl (C=O) groups excluding carboxylic acids is 1. The first kappa shape index (κ1) is 14.1. The van der Waals surface area contributed by atoms with Gasteiger partial charge in [0.15, 0.2) is 6.29 Å². The van der Waals surface area contributed by atoms with Gasteiger partial charge in [-0.2, -0.15) is 0 Å². The summed E-state index contributed by atoms with van der Waals surface area (Å²) in [6, 6.07) is 3.39. The molecule has 0 bridgehead atoms. The number of rotatable bonds is 7. The fourth-order valence-corrected chi connectivity index (χ4v) is 1.20. The fraction of sp³-hybridized carbons (Fsp3) is 0.200. The summed E-state index contributed by atoms with van der Waals surface area (Å²) in [5, 5.41) is 15.8. The molecule has 96 valence electrons. The van der Waals surface area contributed by atoms with Gasteiger partial charge < -0.3 is 5.32 Å². The normalized spacial score (nSPS) is 12.3. The van der Waals surface area contributed by atoms with E-state index in [9.17, 15) is 14.9 Å². The highest BCUT2D eigenvalue weighted by Crippen LogP contribution is 2.04. The van der Waals surface area contributed by atoms with E-state index < -0.39 is 11.1 Å². The third-order valence-electron chi connectivity index (χ3n) is 1.92. The van der Waals surface area contributed by atoms with Crippen molar-refractivity contribution in [1.29, 1.82) is 0 Å². The van der Waals surface area contributed by atoms with E-state index in [4.69, 9.17) is 11.6 Å². The summed E-state index contributed by atoms with van der Waals surface area (Å²) in [6.45, 7) is 0.382. The van der Waals surface area contributed by atoms with Crippen LogP contribution in [0, 0.1) is 10.1 Å². The highest BCUT2D eigenvalue weighted by atomic mass is 35.5. The standard InChI is InChI=1S/C10H11ClN4O3/c11-9-2-1-8(5-13-9)6-14-10(7-16)12-3-4-15(17)18/h1-5,7,10,12,14H,6H2/b4-3+. The van der Waals surface area contributed by atoms with E-state index in [2.05, 4.69) is 15.6 Å². The van der Waals surface area contributed by atoms with Gasteiger partial charge in [0.25, 0.3) is 0 Å². The first-order valence-electron chi connectivity index (χ1n) is 4.97. The molecule has 18 heavy (non-hydrogen) atoms. The molecule has 8 heteroatoms. The van der Waals surface area contributed by atoms with Crippen LogP contribution in [0.25, 0.3) is 0 Å². The van der Waals surface area contributed by atoms with E-state index in [0.29, 0.717) is 24.2 Å². The van der Waals surface area contributed by atoms with Crippen molar-refractivity contribution in [3.05, 3.63) is 51.6 Å². The Balaban J connectivity index is 2.41. The first-order valence-corrected chi connectivity index (χ1v) is 5.35. The van der Waals surface area contributed by atoms with Crippen molar-refractivity contribution in [3.8, 4) is 0 Å². The van der Waals surface area contributed by atoms with Crippen molar-refractivity contribution >= 4 is 17.9 Å². The molecule has 7 nitrogen and oxygen atoms in total. The van der Waals surface area contributed by atoms with Crippen LogP contribution in [0.5, 0.6) is 0 Å². The average molecular weight is 271 g/mol. The maximum absolute atomic E-state index is 10.7. The minimum atomic E-state index is -0.711. The Morgan fingerprint density at radius 3 is 2.89 bits per heavy atom. The molecule has 0 aliphatic rings. The van der Waals surface area contributed by atoms with Gasteiger partial charge in [0, 0.05) is 12.7 Å². The highest BCUT2D eigenvalue weighted by molar-refractivity contribution is 6.29. The van der Waals surface area contributed by atoms with Gasteiger partial charge in [-0.15, -0.1) is 0 Å². The fourth-order valence-electron chi connectivity index (χ4n) is 1.09. The van der Waals surface area contributed by atoms with Crippen molar-refractivity contribution in [2.24, 2.45) is 0 Å². The number of pyridine rings is 1. The van der Waals surface area contributed by atoms with Crippen LogP contribution < -0.4 is 10.6 Å². The Hall–Kier alpha value is -1.99. The Bertz CT molecular complexity index is 435. The first-order chi connectivity index (χ1) is 8.61. The number of aromatic nitrogens is 1. The summed E-state index contributed by atoms with van der Waals surface area (Å²) in [5.74, 6) is 0. The zero-order valence-corrected chi connectivity index (χ0v) is 10.0. The lowest BCUT2D eigenvalue weighted by atomic mass is 10.3. The monoisotopic (exact) mass is 270 g/mol. The molecule has 1 heterocycles. The van der Waals surface area contributed by atoms with Crippen molar-refractivity contribution in [2.75, 3.05) is 0 Å². The largest absolute Gasteiger partial charge is 0.365 e. The van der Waals surface area contributed by atoms with Gasteiger partial charge in [0.1, 0.15) is 11.3 Å². The minimum Gasteiger partial charge on any atom is -0.365 e. The van der Waals surface area contributed by atoms with Crippen LogP contribution >= 0.6 is 11.6 Å². The molecule has 1 rings (SSSR count). The molecule has 0 aliphatic heterocycles. The zero-order valence-electron chi connectivity index (χ0n) is 9.25. The van der Waals surface area contributed by atoms with E-state index in [-0.39, 0.29) is 0 Å². The van der Waals surface area contributed by atoms with E-state index in [1.807, 2.05) is 0 Å². The van der Waals surface area contributed by atoms with Crippen molar-refractivity contribution in [3.63, 3.8) is 0 Å². The minimum absolute atomic E-state index is 0.382. The van der Waals surface area contributed by atoms with Gasteiger partial charge in [0.2, 0.25) is 6.20 Å². The van der Waals surface area contributed by atoms with Gasteiger partial charge in [-0.25, -0.2) is 4.98 Å². The Morgan fingerprint density at radius 2 is 2.33 bits per heavy atom. The van der Waals surface area contributed by atoms with Crippen LogP contribution in [0.3, 0.4) is 0 Å². The summed E-state index contributed by atoms with van der Waals surface area (Å²) in [6.07, 6.45) is 3.27. The van der Waals surface area contributed by atoms with Crippen LogP contribution in [0.15, 0.2) is 30.7 Å². The van der Waals surface area contributed by atoms with Crippen LogP contribution in [0.2, 0.25) is 5.15 Å². The van der Waals surface area contributed by atoms with Gasteiger partial charge in [-0.3, -0.25) is 20.2 Å². The molecule has 0 aromatic carbocycles. The van der Waals surface area contributed by atoms with E-state index in [1.165, 1.54) is 0 Å². The van der Waals surface area contributed by atoms with E-state index in [1.54, 1.807) is 18.3 Å². The molecule has 0 fully saturated rings. The Kier molecular flexibility index (Phi) is 5.75. The molecule has 0 spiro atoms. The highest BCUT2D eigenvalue weighted by Gasteiger charge is 2.04. The molecule has 2 N–H and O–H groups in total. The van der Waals surface area contributed by atoms with Gasteiger partial charge in [-0.05, 0) is 11.6 Å². The lowest BCUT2D eigenvalue weighted by Crippen LogP contribution is -2.40. The third kappa shape index (κ3) is 5.37. The maximum Gasteiger partial charge on any atom is 0.250 e. The summed E-state index contributed by atoms with van der Waals surface area (Å²) in [4.78, 5) is 24.0. The second-order valence-electron chi connectivity index (χ2n) is 3.25.